The lowest BCUT2D eigenvalue weighted by Crippen LogP contribution is -2.45. The molecular weight excluding hydrogens is 371 g/mol. The second kappa shape index (κ2) is 7.73. The van der Waals surface area contributed by atoms with Crippen LogP contribution in [0.2, 0.25) is 5.15 Å². The molecule has 0 amide bonds. The van der Waals surface area contributed by atoms with Crippen LogP contribution in [0.5, 0.6) is 0 Å². The van der Waals surface area contributed by atoms with E-state index in [2.05, 4.69) is 10.3 Å². The maximum absolute atomic E-state index is 13.6. The van der Waals surface area contributed by atoms with Gasteiger partial charge in [-0.1, -0.05) is 54.1 Å². The predicted octanol–water partition coefficient (Wildman–Crippen LogP) is 4.00. The topological polar surface area (TPSA) is 82.5 Å². The van der Waals surface area contributed by atoms with Gasteiger partial charge in [-0.2, -0.15) is 0 Å². The van der Waals surface area contributed by atoms with Gasteiger partial charge in [0, 0.05) is 17.4 Å². The van der Waals surface area contributed by atoms with Gasteiger partial charge in [-0.25, -0.2) is 14.2 Å². The zero-order chi connectivity index (χ0) is 19.4. The second-order valence-corrected chi connectivity index (χ2v) is 6.33. The molecule has 0 aliphatic rings. The Labute approximate surface area is 160 Å². The van der Waals surface area contributed by atoms with Crippen molar-refractivity contribution in [1.82, 2.24) is 4.98 Å². The van der Waals surface area contributed by atoms with Crippen LogP contribution in [-0.2, 0) is 10.4 Å². The smallest absolute Gasteiger partial charge is 0.343 e. The molecule has 138 valence electrons. The number of pyridine rings is 1. The van der Waals surface area contributed by atoms with Crippen LogP contribution in [0.3, 0.4) is 0 Å². The van der Waals surface area contributed by atoms with E-state index in [1.54, 1.807) is 36.4 Å². The largest absolute Gasteiger partial charge is 0.479 e. The first-order chi connectivity index (χ1) is 12.9. The van der Waals surface area contributed by atoms with Crippen LogP contribution in [0.1, 0.15) is 17.2 Å². The van der Waals surface area contributed by atoms with Crippen LogP contribution in [-0.4, -0.2) is 21.2 Å². The third-order valence-corrected chi connectivity index (χ3v) is 4.40. The monoisotopic (exact) mass is 386 g/mol. The summed E-state index contributed by atoms with van der Waals surface area (Å²) in [4.78, 5) is 16.0. The van der Waals surface area contributed by atoms with Crippen molar-refractivity contribution in [3.63, 3.8) is 0 Å². The van der Waals surface area contributed by atoms with Crippen LogP contribution in [0.25, 0.3) is 0 Å². The first kappa shape index (κ1) is 18.8. The van der Waals surface area contributed by atoms with Crippen LogP contribution >= 0.6 is 11.6 Å². The van der Waals surface area contributed by atoms with Crippen molar-refractivity contribution in [3.05, 3.63) is 95.0 Å². The summed E-state index contributed by atoms with van der Waals surface area (Å²) in [7, 11) is 0. The molecule has 1 aromatic heterocycles. The van der Waals surface area contributed by atoms with E-state index in [-0.39, 0.29) is 10.7 Å². The van der Waals surface area contributed by atoms with Gasteiger partial charge in [0.1, 0.15) is 11.0 Å². The molecule has 0 saturated heterocycles. The summed E-state index contributed by atoms with van der Waals surface area (Å²) >= 11 is 5.79. The molecule has 0 aliphatic carbocycles. The van der Waals surface area contributed by atoms with Crippen molar-refractivity contribution in [2.24, 2.45) is 0 Å². The lowest BCUT2D eigenvalue weighted by atomic mass is 9.83. The number of aromatic nitrogens is 1. The zero-order valence-electron chi connectivity index (χ0n) is 14.0. The number of anilines is 1. The first-order valence-corrected chi connectivity index (χ1v) is 8.44. The number of hydrogen-bond donors (Lipinski definition) is 3. The van der Waals surface area contributed by atoms with Gasteiger partial charge in [-0.05, 0) is 29.8 Å². The molecule has 5 nitrogen and oxygen atoms in total. The highest BCUT2D eigenvalue weighted by atomic mass is 35.5. The third kappa shape index (κ3) is 3.92. The maximum Gasteiger partial charge on any atom is 0.343 e. The summed E-state index contributed by atoms with van der Waals surface area (Å²) in [6.07, 6.45) is 1.21. The normalized spacial score (nSPS) is 14.2. The number of rotatable bonds is 6. The lowest BCUT2D eigenvalue weighted by Gasteiger charge is -2.34. The molecule has 2 atom stereocenters. The van der Waals surface area contributed by atoms with Gasteiger partial charge in [-0.15, -0.1) is 0 Å². The number of carboxylic acids is 1. The summed E-state index contributed by atoms with van der Waals surface area (Å²) in [5.41, 5.74) is -1.52. The molecule has 0 aliphatic heterocycles. The Morgan fingerprint density at radius 1 is 1.11 bits per heavy atom. The van der Waals surface area contributed by atoms with Crippen molar-refractivity contribution in [2.75, 3.05) is 5.32 Å². The molecule has 0 saturated carbocycles. The Morgan fingerprint density at radius 2 is 1.85 bits per heavy atom. The Morgan fingerprint density at radius 3 is 2.44 bits per heavy atom. The number of nitrogens with one attached hydrogen (secondary N) is 1. The van der Waals surface area contributed by atoms with E-state index in [0.29, 0.717) is 11.3 Å². The molecule has 0 spiro atoms. The summed E-state index contributed by atoms with van der Waals surface area (Å²) in [6, 6.07) is 15.8. The fourth-order valence-electron chi connectivity index (χ4n) is 2.83. The standard InChI is InChI=1S/C20H16ClFN2O3/c21-17-10-9-14(12-23-17)20(27,19(25)26)18(13-5-2-1-3-6-13)24-16-8-4-7-15(22)11-16/h1-12,18,24,27H,(H,25,26). The summed E-state index contributed by atoms with van der Waals surface area (Å²) in [5, 5.41) is 24.3. The van der Waals surface area contributed by atoms with Crippen LogP contribution in [0.4, 0.5) is 10.1 Å². The van der Waals surface area contributed by atoms with Crippen molar-refractivity contribution >= 4 is 23.3 Å². The average molecular weight is 387 g/mol. The minimum absolute atomic E-state index is 0.0390. The highest BCUT2D eigenvalue weighted by Crippen LogP contribution is 2.38. The Hall–Kier alpha value is -2.96. The molecule has 2 unspecified atom stereocenters. The van der Waals surface area contributed by atoms with Crippen LogP contribution < -0.4 is 5.32 Å². The van der Waals surface area contributed by atoms with Gasteiger partial charge in [0.25, 0.3) is 0 Å². The van der Waals surface area contributed by atoms with Crippen molar-refractivity contribution in [2.45, 2.75) is 11.6 Å². The van der Waals surface area contributed by atoms with E-state index in [4.69, 9.17) is 11.6 Å². The lowest BCUT2D eigenvalue weighted by molar-refractivity contribution is -0.161. The number of nitrogens with zero attached hydrogens (tertiary/aromatic N) is 1. The maximum atomic E-state index is 13.6. The fraction of sp³-hybridized carbons (Fsp3) is 0.100. The van der Waals surface area contributed by atoms with Gasteiger partial charge in [0.15, 0.2) is 0 Å². The van der Waals surface area contributed by atoms with Crippen molar-refractivity contribution in [1.29, 1.82) is 0 Å². The summed E-state index contributed by atoms with van der Waals surface area (Å²) in [6.45, 7) is 0. The molecule has 27 heavy (non-hydrogen) atoms. The van der Waals surface area contributed by atoms with Gasteiger partial charge < -0.3 is 15.5 Å². The van der Waals surface area contributed by atoms with E-state index >= 15 is 0 Å². The van der Waals surface area contributed by atoms with E-state index in [1.165, 1.54) is 36.5 Å². The van der Waals surface area contributed by atoms with Crippen LogP contribution in [0.15, 0.2) is 72.9 Å². The van der Waals surface area contributed by atoms with Gasteiger partial charge in [-0.3, -0.25) is 0 Å². The Balaban J connectivity index is 2.14. The van der Waals surface area contributed by atoms with Crippen molar-refractivity contribution in [3.8, 4) is 0 Å². The molecule has 7 heteroatoms. The third-order valence-electron chi connectivity index (χ3n) is 4.18. The molecular formula is C20H16ClFN2O3. The number of aliphatic carboxylic acids is 1. The van der Waals surface area contributed by atoms with E-state index in [0.717, 1.165) is 0 Å². The molecule has 3 rings (SSSR count). The molecule has 0 fully saturated rings. The van der Waals surface area contributed by atoms with Gasteiger partial charge >= 0.3 is 5.97 Å². The molecule has 1 heterocycles. The number of halogens is 2. The van der Waals surface area contributed by atoms with Gasteiger partial charge in [0.05, 0.1) is 6.04 Å². The fourth-order valence-corrected chi connectivity index (χ4v) is 2.95. The van der Waals surface area contributed by atoms with Crippen molar-refractivity contribution < 1.29 is 19.4 Å². The number of carbonyl (C=O) groups is 1. The number of hydrogen-bond acceptors (Lipinski definition) is 4. The van der Waals surface area contributed by atoms with Gasteiger partial charge in [0.2, 0.25) is 5.60 Å². The minimum atomic E-state index is -2.38. The zero-order valence-corrected chi connectivity index (χ0v) is 14.8. The van der Waals surface area contributed by atoms with E-state index in [1.807, 2.05) is 0 Å². The van der Waals surface area contributed by atoms with Crippen LogP contribution in [0, 0.1) is 5.82 Å². The summed E-state index contributed by atoms with van der Waals surface area (Å²) < 4.78 is 13.6. The first-order valence-electron chi connectivity index (χ1n) is 8.06. The SMILES string of the molecule is O=C(O)C(O)(c1ccc(Cl)nc1)C(Nc1cccc(F)c1)c1ccccc1. The Kier molecular flexibility index (Phi) is 5.39. The molecule has 0 radical (unpaired) electrons. The molecule has 2 aromatic carbocycles. The number of carboxylic acid groups (broad SMARTS) is 1. The molecule has 3 N–H and O–H groups in total. The highest BCUT2D eigenvalue weighted by Gasteiger charge is 2.47. The van der Waals surface area contributed by atoms with E-state index < -0.39 is 23.4 Å². The minimum Gasteiger partial charge on any atom is -0.479 e. The van der Waals surface area contributed by atoms with E-state index in [9.17, 15) is 19.4 Å². The molecule has 3 aromatic rings. The molecule has 0 bridgehead atoms. The predicted molar refractivity (Wildman–Crippen MR) is 100.0 cm³/mol. The average Bonchev–Trinajstić information content (AvgIpc) is 2.67. The quantitative estimate of drug-likeness (QED) is 0.558. The highest BCUT2D eigenvalue weighted by molar-refractivity contribution is 6.29. The number of aliphatic hydroxyl groups is 1. The second-order valence-electron chi connectivity index (χ2n) is 5.94. The number of benzene rings is 2. The summed E-state index contributed by atoms with van der Waals surface area (Å²) in [5.74, 6) is -1.97. The Bertz CT molecular complexity index is 937.